The van der Waals surface area contributed by atoms with Gasteiger partial charge in [-0.1, -0.05) is 0 Å². The number of rotatable bonds is 4. The molecule has 20 heavy (non-hydrogen) atoms. The summed E-state index contributed by atoms with van der Waals surface area (Å²) in [4.78, 5) is 0. The van der Waals surface area contributed by atoms with Gasteiger partial charge in [-0.05, 0) is 0 Å². The van der Waals surface area contributed by atoms with Crippen LogP contribution in [-0.2, 0) is 19.6 Å². The van der Waals surface area contributed by atoms with E-state index < -0.39 is 40.8 Å². The summed E-state index contributed by atoms with van der Waals surface area (Å²) in [5.74, 6) is -0.354. The van der Waals surface area contributed by atoms with Gasteiger partial charge in [-0.15, -0.1) is 0 Å². The zero-order valence-corrected chi connectivity index (χ0v) is 11.8. The monoisotopic (exact) mass is 318 g/mol. The minimum atomic E-state index is -3.80. The van der Waals surface area contributed by atoms with E-state index in [4.69, 9.17) is 30.6 Å². The second-order valence-electron chi connectivity index (χ2n) is 4.09. The van der Waals surface area contributed by atoms with Crippen LogP contribution in [0.25, 0.3) is 0 Å². The van der Waals surface area contributed by atoms with Gasteiger partial charge in [0.2, 0.25) is 0 Å². The van der Waals surface area contributed by atoms with Gasteiger partial charge in [0.15, 0.2) is 6.29 Å². The Hall–Kier alpha value is -0.370. The first kappa shape index (κ1) is 19.6. The van der Waals surface area contributed by atoms with Crippen LogP contribution in [0.3, 0.4) is 0 Å². The van der Waals surface area contributed by atoms with E-state index in [-0.39, 0.29) is 18.9 Å². The molecule has 1 heterocycles. The average molecular weight is 318 g/mol. The van der Waals surface area contributed by atoms with E-state index in [0.717, 1.165) is 0 Å². The van der Waals surface area contributed by atoms with Crippen molar-refractivity contribution < 1.29 is 37.8 Å². The van der Waals surface area contributed by atoms with Gasteiger partial charge < -0.3 is 36.3 Å². The molecule has 0 spiro atoms. The van der Waals surface area contributed by atoms with Gasteiger partial charge >= 0.3 is 0 Å². The summed E-state index contributed by atoms with van der Waals surface area (Å²) < 4.78 is 37.2. The fourth-order valence-corrected chi connectivity index (χ4v) is 1.76. The van der Waals surface area contributed by atoms with Crippen LogP contribution in [0.4, 0.5) is 0 Å². The Morgan fingerprint density at radius 2 is 1.85 bits per heavy atom. The fourth-order valence-electron chi connectivity index (χ4n) is 1.46. The van der Waals surface area contributed by atoms with Gasteiger partial charge in [-0.25, -0.2) is 0 Å². The Morgan fingerprint density at radius 1 is 1.30 bits per heavy atom. The molecule has 1 fully saturated rings. The number of methoxy groups -OCH3 is 1. The molecule has 0 aliphatic carbocycles. The van der Waals surface area contributed by atoms with E-state index in [9.17, 15) is 18.6 Å². The molecule has 122 valence electrons. The van der Waals surface area contributed by atoms with E-state index >= 15 is 0 Å². The van der Waals surface area contributed by atoms with E-state index in [0.29, 0.717) is 0 Å². The molecule has 1 unspecified atom stereocenters. The summed E-state index contributed by atoms with van der Waals surface area (Å²) >= 11 is 0. The Labute approximate surface area is 117 Å². The van der Waals surface area contributed by atoms with Crippen LogP contribution < -0.4 is 11.5 Å². The van der Waals surface area contributed by atoms with Crippen LogP contribution in [0.15, 0.2) is 0 Å². The fraction of sp³-hybridized carbons (Fsp3) is 1.00. The third kappa shape index (κ3) is 6.39. The third-order valence-electron chi connectivity index (χ3n) is 2.54. The molecule has 0 radical (unpaired) electrons. The van der Waals surface area contributed by atoms with Crippen LogP contribution >= 0.6 is 0 Å². The maximum atomic E-state index is 9.71. The standard InChI is InChI=1S/C7H15NO5.C2H7NO3S/c1-12-7-4(8)6(11)5(10)3(2-9)13-7;3-1-2-7(4,5)6/h3-7,9-11H,2,8H2,1H3;1-3H2,(H,4,5,6)/t3-,4-,5-,6-,7?;/m1./s1. The van der Waals surface area contributed by atoms with E-state index in [1.807, 2.05) is 0 Å². The number of nitrogens with two attached hydrogens (primary N) is 2. The molecular weight excluding hydrogens is 296 g/mol. The highest BCUT2D eigenvalue weighted by atomic mass is 32.2. The van der Waals surface area contributed by atoms with Crippen molar-refractivity contribution in [1.82, 2.24) is 0 Å². The van der Waals surface area contributed by atoms with Gasteiger partial charge in [-0.3, -0.25) is 4.55 Å². The van der Waals surface area contributed by atoms with Crippen molar-refractivity contribution >= 4 is 10.1 Å². The summed E-state index contributed by atoms with van der Waals surface area (Å²) in [7, 11) is -2.42. The normalized spacial score (nSPS) is 34.2. The topological polar surface area (TPSA) is 186 Å². The van der Waals surface area contributed by atoms with E-state index in [1.54, 1.807) is 0 Å². The lowest BCUT2D eigenvalue weighted by Crippen LogP contribution is -2.62. The predicted molar refractivity (Wildman–Crippen MR) is 68.2 cm³/mol. The van der Waals surface area contributed by atoms with Crippen LogP contribution in [-0.4, -0.2) is 84.9 Å². The van der Waals surface area contributed by atoms with Crippen molar-refractivity contribution in [2.24, 2.45) is 11.5 Å². The average Bonchev–Trinajstić information content (AvgIpc) is 2.36. The summed E-state index contributed by atoms with van der Waals surface area (Å²) in [5, 5.41) is 27.5. The number of hydrogen-bond acceptors (Lipinski definition) is 9. The van der Waals surface area contributed by atoms with Crippen molar-refractivity contribution in [2.75, 3.05) is 26.0 Å². The second-order valence-corrected chi connectivity index (χ2v) is 5.67. The molecule has 1 saturated heterocycles. The van der Waals surface area contributed by atoms with Gasteiger partial charge in [0, 0.05) is 13.7 Å². The zero-order chi connectivity index (χ0) is 15.9. The summed E-state index contributed by atoms with van der Waals surface area (Å²) in [6.45, 7) is -0.413. The smallest absolute Gasteiger partial charge is 0.266 e. The highest BCUT2D eigenvalue weighted by Crippen LogP contribution is 2.19. The van der Waals surface area contributed by atoms with E-state index in [2.05, 4.69) is 0 Å². The van der Waals surface area contributed by atoms with Gasteiger partial charge in [0.1, 0.15) is 18.3 Å². The molecule has 0 aromatic rings. The first-order valence-corrected chi connectivity index (χ1v) is 7.34. The minimum Gasteiger partial charge on any atom is -0.394 e. The molecule has 1 aliphatic rings. The Morgan fingerprint density at radius 3 is 2.15 bits per heavy atom. The Balaban J connectivity index is 0.000000441. The van der Waals surface area contributed by atoms with Crippen LogP contribution in [0.2, 0.25) is 0 Å². The summed E-state index contributed by atoms with van der Waals surface area (Å²) in [6, 6.07) is -0.803. The lowest BCUT2D eigenvalue weighted by Gasteiger charge is -2.39. The van der Waals surface area contributed by atoms with Crippen LogP contribution in [0.5, 0.6) is 0 Å². The third-order valence-corrected chi connectivity index (χ3v) is 3.29. The lowest BCUT2D eigenvalue weighted by atomic mass is 9.98. The highest BCUT2D eigenvalue weighted by molar-refractivity contribution is 7.85. The first-order valence-electron chi connectivity index (χ1n) is 5.74. The first-order chi connectivity index (χ1) is 9.17. The van der Waals surface area contributed by atoms with E-state index in [1.165, 1.54) is 7.11 Å². The Bertz CT molecular complexity index is 345. The molecule has 0 bridgehead atoms. The molecule has 5 atom stereocenters. The largest absolute Gasteiger partial charge is 0.394 e. The molecule has 11 heteroatoms. The van der Waals surface area contributed by atoms with Crippen molar-refractivity contribution in [2.45, 2.75) is 30.6 Å². The molecule has 10 nitrogen and oxygen atoms in total. The van der Waals surface area contributed by atoms with Gasteiger partial charge in [-0.2, -0.15) is 8.42 Å². The van der Waals surface area contributed by atoms with Crippen molar-refractivity contribution in [3.63, 3.8) is 0 Å². The second kappa shape index (κ2) is 8.81. The maximum Gasteiger partial charge on any atom is 0.266 e. The molecule has 8 N–H and O–H groups in total. The predicted octanol–water partition coefficient (Wildman–Crippen LogP) is -3.77. The van der Waals surface area contributed by atoms with Crippen molar-refractivity contribution in [3.8, 4) is 0 Å². The highest BCUT2D eigenvalue weighted by Gasteiger charge is 2.42. The molecule has 0 aromatic carbocycles. The summed E-state index contributed by atoms with van der Waals surface area (Å²) in [6.07, 6.45) is -3.96. The maximum absolute atomic E-state index is 9.71. The molecule has 0 amide bonds. The molecular formula is C9H22N2O8S. The number of aliphatic hydroxyl groups excluding tert-OH is 3. The number of hydrogen-bond donors (Lipinski definition) is 6. The molecule has 0 saturated carbocycles. The zero-order valence-electron chi connectivity index (χ0n) is 11.0. The summed E-state index contributed by atoms with van der Waals surface area (Å²) in [5.41, 5.74) is 10.3. The van der Waals surface area contributed by atoms with Crippen LogP contribution in [0, 0.1) is 0 Å². The van der Waals surface area contributed by atoms with Crippen molar-refractivity contribution in [3.05, 3.63) is 0 Å². The van der Waals surface area contributed by atoms with Gasteiger partial charge in [0.05, 0.1) is 18.4 Å². The minimum absolute atomic E-state index is 0.0289. The Kier molecular flexibility index (Phi) is 8.65. The quantitative estimate of drug-likeness (QED) is 0.281. The molecule has 1 rings (SSSR count). The number of ether oxygens (including phenoxy) is 2. The lowest BCUT2D eigenvalue weighted by molar-refractivity contribution is -0.257. The molecule has 0 aromatic heterocycles. The molecule has 1 aliphatic heterocycles. The SMILES string of the molecule is COC1O[C@H](CO)[C@@H](O)[C@H](O)[C@H]1N.NCCS(=O)(=O)O. The van der Waals surface area contributed by atoms with Gasteiger partial charge in [0.25, 0.3) is 10.1 Å². The van der Waals surface area contributed by atoms with Crippen LogP contribution in [0.1, 0.15) is 0 Å². The van der Waals surface area contributed by atoms with Crippen molar-refractivity contribution in [1.29, 1.82) is 0 Å². The number of aliphatic hydroxyl groups is 3.